The smallest absolute Gasteiger partial charge is 0.339 e. The third-order valence-corrected chi connectivity index (χ3v) is 6.91. The first-order valence-corrected chi connectivity index (χ1v) is 12.0. The van der Waals surface area contributed by atoms with Crippen LogP contribution < -0.4 is 4.90 Å². The minimum atomic E-state index is -0.270. The average molecular weight is 441 g/mol. The van der Waals surface area contributed by atoms with Crippen LogP contribution in [0.15, 0.2) is 59.5 Å². The molecule has 2 aromatic rings. The number of nitrogens with zero attached hydrogens (tertiary/aromatic N) is 2. The molecular weight excluding hydrogens is 408 g/mol. The number of ether oxygens (including phenoxy) is 1. The van der Waals surface area contributed by atoms with Gasteiger partial charge in [-0.2, -0.15) is 0 Å². The summed E-state index contributed by atoms with van der Waals surface area (Å²) >= 11 is 1.69. The Hall–Kier alpha value is -2.31. The molecular formula is C25H32N2O3S. The van der Waals surface area contributed by atoms with Crippen LogP contribution in [0.4, 0.5) is 5.69 Å². The molecule has 3 rings (SSSR count). The third-order valence-electron chi connectivity index (χ3n) is 5.66. The van der Waals surface area contributed by atoms with E-state index >= 15 is 0 Å². The molecule has 1 saturated heterocycles. The highest BCUT2D eigenvalue weighted by atomic mass is 32.2. The summed E-state index contributed by atoms with van der Waals surface area (Å²) in [6.07, 6.45) is 2.38. The summed E-state index contributed by atoms with van der Waals surface area (Å²) in [6, 6.07) is 17.8. The fraction of sp³-hybridized carbons (Fsp3) is 0.440. The lowest BCUT2D eigenvalue weighted by Gasteiger charge is -2.40. The summed E-state index contributed by atoms with van der Waals surface area (Å²) in [6.45, 7) is 8.13. The predicted octanol–water partition coefficient (Wildman–Crippen LogP) is 5.21. The Balaban J connectivity index is 1.64. The fourth-order valence-electron chi connectivity index (χ4n) is 4.03. The lowest BCUT2D eigenvalue weighted by atomic mass is 10.0. The van der Waals surface area contributed by atoms with Crippen LogP contribution >= 0.6 is 11.8 Å². The van der Waals surface area contributed by atoms with Gasteiger partial charge in [-0.25, -0.2) is 4.79 Å². The van der Waals surface area contributed by atoms with Crippen molar-refractivity contribution in [2.45, 2.75) is 56.3 Å². The van der Waals surface area contributed by atoms with Gasteiger partial charge < -0.3 is 9.64 Å². The van der Waals surface area contributed by atoms with E-state index in [4.69, 9.17) is 4.74 Å². The molecule has 1 amide bonds. The van der Waals surface area contributed by atoms with Crippen molar-refractivity contribution in [2.75, 3.05) is 24.6 Å². The molecule has 0 aromatic heterocycles. The normalized spacial score (nSPS) is 16.0. The van der Waals surface area contributed by atoms with Crippen molar-refractivity contribution in [3.05, 3.63) is 60.2 Å². The molecule has 166 valence electrons. The number of anilines is 1. The lowest BCUT2D eigenvalue weighted by molar-refractivity contribution is -0.119. The van der Waals surface area contributed by atoms with Crippen molar-refractivity contribution in [1.82, 2.24) is 4.90 Å². The van der Waals surface area contributed by atoms with Crippen molar-refractivity contribution < 1.29 is 14.3 Å². The van der Waals surface area contributed by atoms with E-state index in [0.29, 0.717) is 18.6 Å². The standard InChI is InChI=1S/C25H32N2O3S/c1-4-24(28)27(20-11-7-6-8-12-20)21-15-17-26(18-16-21)19(3)31-23-14-10-9-13-22(23)25(29)30-5-2/h6-14,19,21H,4-5,15-18H2,1-3H3. The largest absolute Gasteiger partial charge is 0.462 e. The molecule has 0 saturated carbocycles. The van der Waals surface area contributed by atoms with E-state index in [1.807, 2.05) is 73.3 Å². The van der Waals surface area contributed by atoms with Crippen LogP contribution in [0.1, 0.15) is 50.4 Å². The Labute approximate surface area is 189 Å². The number of esters is 1. The van der Waals surface area contributed by atoms with Crippen LogP contribution in [0, 0.1) is 0 Å². The summed E-state index contributed by atoms with van der Waals surface area (Å²) in [5.74, 6) is -0.0940. The highest BCUT2D eigenvalue weighted by molar-refractivity contribution is 8.00. The molecule has 0 spiro atoms. The van der Waals surface area contributed by atoms with Crippen LogP contribution in [0.25, 0.3) is 0 Å². The molecule has 2 aromatic carbocycles. The number of hydrogen-bond acceptors (Lipinski definition) is 5. The first-order valence-electron chi connectivity index (χ1n) is 11.1. The second-order valence-electron chi connectivity index (χ2n) is 7.65. The Morgan fingerprint density at radius 2 is 1.71 bits per heavy atom. The van der Waals surface area contributed by atoms with Gasteiger partial charge in [0.2, 0.25) is 5.91 Å². The minimum absolute atomic E-state index is 0.176. The van der Waals surface area contributed by atoms with Crippen LogP contribution in [-0.4, -0.2) is 47.9 Å². The number of piperidine rings is 1. The topological polar surface area (TPSA) is 49.9 Å². The van der Waals surface area contributed by atoms with Crippen molar-refractivity contribution >= 4 is 29.3 Å². The number of benzene rings is 2. The highest BCUT2D eigenvalue weighted by Gasteiger charge is 2.30. The second kappa shape index (κ2) is 11.3. The Bertz CT molecular complexity index is 866. The molecule has 1 aliphatic rings. The van der Waals surface area contributed by atoms with Gasteiger partial charge in [-0.15, -0.1) is 11.8 Å². The number of amides is 1. The molecule has 0 N–H and O–H groups in total. The zero-order chi connectivity index (χ0) is 22.2. The second-order valence-corrected chi connectivity index (χ2v) is 9.01. The summed E-state index contributed by atoms with van der Waals surface area (Å²) in [4.78, 5) is 30.3. The molecule has 1 atom stereocenters. The van der Waals surface area contributed by atoms with Crippen LogP contribution in [-0.2, 0) is 9.53 Å². The highest BCUT2D eigenvalue weighted by Crippen LogP contribution is 2.32. The summed E-state index contributed by atoms with van der Waals surface area (Å²) < 4.78 is 5.21. The van der Waals surface area contributed by atoms with Gasteiger partial charge in [-0.05, 0) is 51.0 Å². The van der Waals surface area contributed by atoms with E-state index in [0.717, 1.165) is 36.5 Å². The molecule has 31 heavy (non-hydrogen) atoms. The first kappa shape index (κ1) is 23.4. The van der Waals surface area contributed by atoms with E-state index in [9.17, 15) is 9.59 Å². The molecule has 1 heterocycles. The predicted molar refractivity (Wildman–Crippen MR) is 127 cm³/mol. The number of carbonyl (C=O) groups excluding carboxylic acids is 2. The molecule has 5 nitrogen and oxygen atoms in total. The molecule has 1 aliphatic heterocycles. The zero-order valence-corrected chi connectivity index (χ0v) is 19.4. The summed E-state index contributed by atoms with van der Waals surface area (Å²) in [5, 5.41) is 0.226. The molecule has 1 fully saturated rings. The molecule has 0 radical (unpaired) electrons. The Morgan fingerprint density at radius 3 is 2.35 bits per heavy atom. The van der Waals surface area contributed by atoms with E-state index < -0.39 is 0 Å². The van der Waals surface area contributed by atoms with Gasteiger partial charge in [0.25, 0.3) is 0 Å². The number of hydrogen-bond donors (Lipinski definition) is 0. The third kappa shape index (κ3) is 5.89. The lowest BCUT2D eigenvalue weighted by Crippen LogP contribution is -2.49. The molecule has 1 unspecified atom stereocenters. The van der Waals surface area contributed by atoms with E-state index in [2.05, 4.69) is 11.8 Å². The van der Waals surface area contributed by atoms with Gasteiger partial charge in [-0.3, -0.25) is 9.69 Å². The number of thioether (sulfide) groups is 1. The molecule has 6 heteroatoms. The van der Waals surface area contributed by atoms with Gasteiger partial charge >= 0.3 is 5.97 Å². The first-order chi connectivity index (χ1) is 15.0. The van der Waals surface area contributed by atoms with Gasteiger partial charge in [0.05, 0.1) is 17.5 Å². The summed E-state index contributed by atoms with van der Waals surface area (Å²) in [7, 11) is 0. The number of rotatable bonds is 8. The molecule has 0 bridgehead atoms. The number of para-hydroxylation sites is 1. The van der Waals surface area contributed by atoms with Crippen molar-refractivity contribution in [3.63, 3.8) is 0 Å². The van der Waals surface area contributed by atoms with E-state index in [1.54, 1.807) is 11.8 Å². The van der Waals surface area contributed by atoms with E-state index in [1.165, 1.54) is 0 Å². The average Bonchev–Trinajstić information content (AvgIpc) is 2.80. The maximum absolute atomic E-state index is 12.7. The maximum atomic E-state index is 12.7. The van der Waals surface area contributed by atoms with Crippen molar-refractivity contribution in [2.24, 2.45) is 0 Å². The SMILES string of the molecule is CCOC(=O)c1ccccc1SC(C)N1CCC(N(C(=O)CC)c2ccccc2)CC1. The van der Waals surface area contributed by atoms with Gasteiger partial charge in [0.1, 0.15) is 0 Å². The van der Waals surface area contributed by atoms with Crippen molar-refractivity contribution in [3.8, 4) is 0 Å². The fourth-order valence-corrected chi connectivity index (χ4v) is 5.19. The minimum Gasteiger partial charge on any atom is -0.462 e. The summed E-state index contributed by atoms with van der Waals surface area (Å²) in [5.41, 5.74) is 1.61. The van der Waals surface area contributed by atoms with E-state index in [-0.39, 0.29) is 23.3 Å². The quantitative estimate of drug-likeness (QED) is 0.417. The maximum Gasteiger partial charge on any atom is 0.339 e. The monoisotopic (exact) mass is 440 g/mol. The van der Waals surface area contributed by atoms with Gasteiger partial charge in [-0.1, -0.05) is 37.3 Å². The number of likely N-dealkylation sites (tertiary alicyclic amines) is 1. The van der Waals surface area contributed by atoms with Crippen LogP contribution in [0.2, 0.25) is 0 Å². The number of carbonyl (C=O) groups is 2. The van der Waals surface area contributed by atoms with Crippen LogP contribution in [0.3, 0.4) is 0 Å². The van der Waals surface area contributed by atoms with Gasteiger partial charge in [0.15, 0.2) is 0 Å². The zero-order valence-electron chi connectivity index (χ0n) is 18.6. The molecule has 0 aliphatic carbocycles. The van der Waals surface area contributed by atoms with Crippen molar-refractivity contribution in [1.29, 1.82) is 0 Å². The van der Waals surface area contributed by atoms with Crippen LogP contribution in [0.5, 0.6) is 0 Å². The Kier molecular flexibility index (Phi) is 8.55. The van der Waals surface area contributed by atoms with Gasteiger partial charge in [0, 0.05) is 36.1 Å². The Morgan fingerprint density at radius 1 is 1.06 bits per heavy atom.